The highest BCUT2D eigenvalue weighted by Gasteiger charge is 2.18. The molecule has 2 aliphatic heterocycles. The summed E-state index contributed by atoms with van der Waals surface area (Å²) in [6, 6.07) is 0. The van der Waals surface area contributed by atoms with Crippen molar-refractivity contribution in [2.45, 2.75) is 13.8 Å². The van der Waals surface area contributed by atoms with Crippen LogP contribution in [-0.2, 0) is 0 Å². The van der Waals surface area contributed by atoms with Crippen LogP contribution in [0.3, 0.4) is 0 Å². The highest BCUT2D eigenvalue weighted by atomic mass is 32.2. The van der Waals surface area contributed by atoms with Crippen molar-refractivity contribution in [3.63, 3.8) is 0 Å². The van der Waals surface area contributed by atoms with Crippen molar-refractivity contribution in [3.05, 3.63) is 29.1 Å². The predicted octanol–water partition coefficient (Wildman–Crippen LogP) is 4.80. The molecular weight excluding hydrogens is 224 g/mol. The Morgan fingerprint density at radius 3 is 1.50 bits per heavy atom. The van der Waals surface area contributed by atoms with E-state index < -0.39 is 0 Å². The molecule has 0 aromatic rings. The van der Waals surface area contributed by atoms with E-state index in [-0.39, 0.29) is 0 Å². The summed E-state index contributed by atoms with van der Waals surface area (Å²) in [5.41, 5.74) is 0. The molecule has 0 atom stereocenters. The molecule has 4 heteroatoms. The van der Waals surface area contributed by atoms with Crippen LogP contribution in [0.4, 0.5) is 0 Å². The van der Waals surface area contributed by atoms with Crippen molar-refractivity contribution < 1.29 is 0 Å². The molecule has 2 heterocycles. The molecule has 0 bridgehead atoms. The fourth-order valence-electron chi connectivity index (χ4n) is 0.841. The second-order valence-corrected chi connectivity index (χ2v) is 7.26. The van der Waals surface area contributed by atoms with Crippen molar-refractivity contribution in [2.75, 3.05) is 0 Å². The molecule has 0 amide bonds. The van der Waals surface area contributed by atoms with Gasteiger partial charge in [0.25, 0.3) is 0 Å². The molecule has 0 aromatic carbocycles. The van der Waals surface area contributed by atoms with Crippen LogP contribution in [-0.4, -0.2) is 0 Å². The minimum atomic E-state index is 1.41. The van der Waals surface area contributed by atoms with Gasteiger partial charge in [0.05, 0.1) is 8.47 Å². The fraction of sp³-hybridized carbons (Fsp3) is 0.250. The van der Waals surface area contributed by atoms with Crippen LogP contribution < -0.4 is 0 Å². The largest absolute Gasteiger partial charge is 0.0881 e. The summed E-state index contributed by atoms with van der Waals surface area (Å²) >= 11 is 7.50. The molecule has 0 aromatic heterocycles. The van der Waals surface area contributed by atoms with Crippen LogP contribution in [0.2, 0.25) is 0 Å². The number of allylic oxidation sites excluding steroid dienone is 2. The van der Waals surface area contributed by atoms with Crippen LogP contribution in [0.25, 0.3) is 0 Å². The zero-order valence-electron chi connectivity index (χ0n) is 6.79. The molecule has 64 valence electrons. The van der Waals surface area contributed by atoms with E-state index in [1.54, 1.807) is 0 Å². The molecule has 0 unspecified atom stereocenters. The first-order chi connectivity index (χ1) is 5.75. The number of thioether (sulfide) groups is 4. The molecule has 0 fully saturated rings. The van der Waals surface area contributed by atoms with E-state index in [0.29, 0.717) is 0 Å². The smallest absolute Gasteiger partial charge is 0.0697 e. The summed E-state index contributed by atoms with van der Waals surface area (Å²) in [5, 5.41) is 4.45. The molecule has 0 saturated heterocycles. The Hall–Kier alpha value is 0.620. The number of hydrogen-bond donors (Lipinski definition) is 0. The second kappa shape index (κ2) is 3.78. The first kappa shape index (κ1) is 9.19. The molecule has 0 N–H and O–H groups in total. The van der Waals surface area contributed by atoms with Gasteiger partial charge in [-0.25, -0.2) is 0 Å². The van der Waals surface area contributed by atoms with E-state index in [2.05, 4.69) is 24.7 Å². The maximum Gasteiger partial charge on any atom is 0.0697 e. The molecule has 2 rings (SSSR count). The Balaban J connectivity index is 2.11. The predicted molar refractivity (Wildman–Crippen MR) is 64.9 cm³/mol. The monoisotopic (exact) mass is 232 g/mol. The van der Waals surface area contributed by atoms with E-state index >= 15 is 0 Å². The molecule has 0 nitrogen and oxygen atoms in total. The maximum absolute atomic E-state index is 2.22. The Bertz CT molecular complexity index is 268. The zero-order chi connectivity index (χ0) is 8.55. The van der Waals surface area contributed by atoms with Gasteiger partial charge in [0, 0.05) is 0 Å². The molecule has 0 aliphatic carbocycles. The standard InChI is InChI=1S/C8H8S4/c1-5-3-9-7(11-5)8-10-4-6(2)12-8/h3-4H,1-2H3. The summed E-state index contributed by atoms with van der Waals surface area (Å²) in [6.45, 7) is 4.32. The van der Waals surface area contributed by atoms with Crippen molar-refractivity contribution in [2.24, 2.45) is 0 Å². The fourth-order valence-corrected chi connectivity index (χ4v) is 5.54. The average Bonchev–Trinajstić information content (AvgIpc) is 2.58. The summed E-state index contributed by atoms with van der Waals surface area (Å²) in [5.74, 6) is 0. The average molecular weight is 232 g/mol. The van der Waals surface area contributed by atoms with Gasteiger partial charge in [-0.05, 0) is 34.5 Å². The summed E-state index contributed by atoms with van der Waals surface area (Å²) < 4.78 is 2.91. The van der Waals surface area contributed by atoms with Gasteiger partial charge in [-0.2, -0.15) is 0 Å². The van der Waals surface area contributed by atoms with Gasteiger partial charge in [-0.3, -0.25) is 0 Å². The van der Waals surface area contributed by atoms with E-state index in [1.807, 2.05) is 47.0 Å². The van der Waals surface area contributed by atoms with Crippen molar-refractivity contribution >= 4 is 47.0 Å². The molecule has 0 spiro atoms. The minimum Gasteiger partial charge on any atom is -0.0881 e. The van der Waals surface area contributed by atoms with Crippen molar-refractivity contribution in [1.82, 2.24) is 0 Å². The first-order valence-corrected chi connectivity index (χ1v) is 6.92. The minimum absolute atomic E-state index is 1.41. The lowest BCUT2D eigenvalue weighted by atomic mass is 10.8. The lowest BCUT2D eigenvalue weighted by molar-refractivity contribution is 1.73. The molecule has 0 saturated carbocycles. The van der Waals surface area contributed by atoms with Crippen molar-refractivity contribution in [3.8, 4) is 0 Å². The lowest BCUT2D eigenvalue weighted by Crippen LogP contribution is -1.65. The summed E-state index contributed by atoms with van der Waals surface area (Å²) in [7, 11) is 0. The van der Waals surface area contributed by atoms with E-state index in [1.165, 1.54) is 18.3 Å². The third-order valence-corrected chi connectivity index (χ3v) is 6.67. The van der Waals surface area contributed by atoms with Crippen molar-refractivity contribution in [1.29, 1.82) is 0 Å². The van der Waals surface area contributed by atoms with Crippen LogP contribution in [0.5, 0.6) is 0 Å². The Morgan fingerprint density at radius 1 is 0.833 bits per heavy atom. The van der Waals surface area contributed by atoms with E-state index in [0.717, 1.165) is 0 Å². The van der Waals surface area contributed by atoms with Gasteiger partial charge >= 0.3 is 0 Å². The summed E-state index contributed by atoms with van der Waals surface area (Å²) in [4.78, 5) is 2.82. The quantitative estimate of drug-likeness (QED) is 0.588. The van der Waals surface area contributed by atoms with Gasteiger partial charge in [0.2, 0.25) is 0 Å². The molecule has 12 heavy (non-hydrogen) atoms. The van der Waals surface area contributed by atoms with Gasteiger partial charge in [-0.15, -0.1) is 0 Å². The second-order valence-electron chi connectivity index (χ2n) is 2.47. The van der Waals surface area contributed by atoms with Gasteiger partial charge in [0.15, 0.2) is 0 Å². The normalized spacial score (nSPS) is 29.2. The van der Waals surface area contributed by atoms with Crippen LogP contribution in [0, 0.1) is 0 Å². The lowest BCUT2D eigenvalue weighted by Gasteiger charge is -1.99. The Labute approximate surface area is 89.7 Å². The molecule has 2 aliphatic rings. The number of rotatable bonds is 0. The van der Waals surface area contributed by atoms with E-state index in [4.69, 9.17) is 0 Å². The van der Waals surface area contributed by atoms with Crippen LogP contribution >= 0.6 is 47.0 Å². The van der Waals surface area contributed by atoms with Crippen LogP contribution in [0.15, 0.2) is 29.1 Å². The number of hydrogen-bond acceptors (Lipinski definition) is 4. The van der Waals surface area contributed by atoms with Gasteiger partial charge in [-0.1, -0.05) is 47.0 Å². The molecular formula is C8H8S4. The zero-order valence-corrected chi connectivity index (χ0v) is 10.1. The highest BCUT2D eigenvalue weighted by molar-refractivity contribution is 8.33. The van der Waals surface area contributed by atoms with Gasteiger partial charge in [0.1, 0.15) is 0 Å². The van der Waals surface area contributed by atoms with Gasteiger partial charge < -0.3 is 0 Å². The third kappa shape index (κ3) is 1.92. The third-order valence-electron chi connectivity index (χ3n) is 1.34. The highest BCUT2D eigenvalue weighted by Crippen LogP contribution is 2.54. The maximum atomic E-state index is 2.22. The summed E-state index contributed by atoms with van der Waals surface area (Å²) in [6.07, 6.45) is 0. The SMILES string of the molecule is CC1=CSC(=C2SC=C(C)S2)S1. The topological polar surface area (TPSA) is 0 Å². The Morgan fingerprint density at radius 2 is 1.25 bits per heavy atom. The van der Waals surface area contributed by atoms with Crippen LogP contribution in [0.1, 0.15) is 13.8 Å². The Kier molecular flexibility index (Phi) is 2.89. The first-order valence-electron chi connectivity index (χ1n) is 3.52. The van der Waals surface area contributed by atoms with E-state index in [9.17, 15) is 0 Å². The molecule has 0 radical (unpaired) electrons.